The Morgan fingerprint density at radius 3 is 2.11 bits per heavy atom. The van der Waals surface area contributed by atoms with Crippen molar-refractivity contribution in [3.63, 3.8) is 0 Å². The van der Waals surface area contributed by atoms with Crippen LogP contribution in [0.1, 0.15) is 26.2 Å². The number of hydrogen-bond donors (Lipinski definition) is 6. The van der Waals surface area contributed by atoms with Gasteiger partial charge in [-0.25, -0.2) is 4.79 Å². The maximum atomic E-state index is 10.2. The van der Waals surface area contributed by atoms with E-state index in [0.29, 0.717) is 19.4 Å². The fraction of sp³-hybridized carbons (Fsp3) is 0.600. The van der Waals surface area contributed by atoms with Crippen LogP contribution in [0.4, 0.5) is 0 Å². The van der Waals surface area contributed by atoms with Crippen LogP contribution in [0.5, 0.6) is 0 Å². The van der Waals surface area contributed by atoms with Crippen LogP contribution in [0.15, 0.2) is 0 Å². The van der Waals surface area contributed by atoms with Crippen molar-refractivity contribution < 1.29 is 24.6 Å². The van der Waals surface area contributed by atoms with Gasteiger partial charge in [0.05, 0.1) is 0 Å². The molecule has 0 amide bonds. The maximum Gasteiger partial charge on any atom is 0.372 e. The third-order valence-corrected chi connectivity index (χ3v) is 1.88. The van der Waals surface area contributed by atoms with Crippen LogP contribution in [0, 0.1) is 5.41 Å². The standard InChI is InChI=1S/C6H14N4O2.C4H6O3/c7-4(5(11)12)2-1-3-10-6(8)9;1-2-3(5)4(6)7/h4H,1-3,7H2,(H,11,12)(H4,8,9,10);2H2,1H3,(H,6,7)/t4-;/m0./s1. The topological polar surface area (TPSA) is 180 Å². The quantitative estimate of drug-likeness (QED) is 0.144. The molecule has 0 spiro atoms. The van der Waals surface area contributed by atoms with E-state index < -0.39 is 23.8 Å². The third-order valence-electron chi connectivity index (χ3n) is 1.88. The summed E-state index contributed by atoms with van der Waals surface area (Å²) >= 11 is 0. The van der Waals surface area contributed by atoms with Crippen molar-refractivity contribution in [3.8, 4) is 0 Å². The van der Waals surface area contributed by atoms with Crippen LogP contribution < -0.4 is 16.8 Å². The fourth-order valence-corrected chi connectivity index (χ4v) is 0.820. The van der Waals surface area contributed by atoms with E-state index in [1.54, 1.807) is 0 Å². The van der Waals surface area contributed by atoms with Crippen LogP contribution >= 0.6 is 0 Å². The Hall–Kier alpha value is -2.16. The van der Waals surface area contributed by atoms with Gasteiger partial charge in [0.25, 0.3) is 0 Å². The van der Waals surface area contributed by atoms with E-state index in [1.807, 2.05) is 0 Å². The summed E-state index contributed by atoms with van der Waals surface area (Å²) in [5.74, 6) is -3.20. The van der Waals surface area contributed by atoms with Crippen molar-refractivity contribution in [2.45, 2.75) is 32.2 Å². The lowest BCUT2D eigenvalue weighted by molar-refractivity contribution is -0.148. The summed E-state index contributed by atoms with van der Waals surface area (Å²) in [6.07, 6.45) is 1.05. The van der Waals surface area contributed by atoms with Gasteiger partial charge >= 0.3 is 11.9 Å². The highest BCUT2D eigenvalue weighted by Crippen LogP contribution is 1.92. The number of carboxylic acid groups (broad SMARTS) is 2. The molecule has 0 bridgehead atoms. The highest BCUT2D eigenvalue weighted by Gasteiger charge is 2.09. The Morgan fingerprint density at radius 2 is 1.84 bits per heavy atom. The normalized spacial score (nSPS) is 10.6. The average molecular weight is 276 g/mol. The second-order valence-corrected chi connectivity index (χ2v) is 3.51. The number of carbonyl (C=O) groups is 3. The first-order valence-corrected chi connectivity index (χ1v) is 5.54. The van der Waals surface area contributed by atoms with Crippen LogP contribution in [0.3, 0.4) is 0 Å². The van der Waals surface area contributed by atoms with E-state index in [4.69, 9.17) is 27.1 Å². The van der Waals surface area contributed by atoms with Gasteiger partial charge in [-0.3, -0.25) is 15.0 Å². The molecule has 1 atom stereocenters. The van der Waals surface area contributed by atoms with Gasteiger partial charge in [-0.15, -0.1) is 0 Å². The van der Waals surface area contributed by atoms with Crippen LogP contribution in [-0.4, -0.2) is 46.5 Å². The molecule has 0 rings (SSSR count). The van der Waals surface area contributed by atoms with E-state index >= 15 is 0 Å². The molecule has 0 aliphatic carbocycles. The smallest absolute Gasteiger partial charge is 0.372 e. The number of hydrogen-bond acceptors (Lipinski definition) is 5. The number of nitrogens with two attached hydrogens (primary N) is 2. The zero-order valence-electron chi connectivity index (χ0n) is 10.7. The monoisotopic (exact) mass is 276 g/mol. The summed E-state index contributed by atoms with van der Waals surface area (Å²) in [4.78, 5) is 29.7. The number of nitrogens with one attached hydrogen (secondary N) is 2. The molecule has 0 saturated carbocycles. The van der Waals surface area contributed by atoms with Crippen molar-refractivity contribution in [2.75, 3.05) is 6.54 Å². The largest absolute Gasteiger partial charge is 0.480 e. The lowest BCUT2D eigenvalue weighted by Gasteiger charge is -2.06. The van der Waals surface area contributed by atoms with Crippen LogP contribution in [0.25, 0.3) is 0 Å². The third kappa shape index (κ3) is 13.8. The van der Waals surface area contributed by atoms with Gasteiger partial charge in [-0.2, -0.15) is 0 Å². The second-order valence-electron chi connectivity index (χ2n) is 3.51. The molecule has 0 aliphatic rings. The molecule has 9 nitrogen and oxygen atoms in total. The van der Waals surface area contributed by atoms with Crippen molar-refractivity contribution in [2.24, 2.45) is 11.5 Å². The van der Waals surface area contributed by atoms with Crippen LogP contribution in [0.2, 0.25) is 0 Å². The Morgan fingerprint density at radius 1 is 1.32 bits per heavy atom. The van der Waals surface area contributed by atoms with E-state index in [2.05, 4.69) is 5.32 Å². The van der Waals surface area contributed by atoms with Gasteiger partial charge in [0.2, 0.25) is 5.78 Å². The van der Waals surface area contributed by atoms with Gasteiger partial charge in [0.1, 0.15) is 6.04 Å². The zero-order valence-corrected chi connectivity index (χ0v) is 10.7. The number of Topliss-reactive ketones (excluding diaryl/α,β-unsaturated/α-hetero) is 1. The predicted octanol–water partition coefficient (Wildman–Crippen LogP) is -1.29. The van der Waals surface area contributed by atoms with E-state index in [9.17, 15) is 14.4 Å². The summed E-state index contributed by atoms with van der Waals surface area (Å²) in [5, 5.41) is 25.5. The van der Waals surface area contributed by atoms with Gasteiger partial charge < -0.3 is 27.0 Å². The molecular weight excluding hydrogens is 256 g/mol. The number of carbonyl (C=O) groups excluding carboxylic acids is 1. The lowest BCUT2D eigenvalue weighted by atomic mass is 10.2. The number of carboxylic acids is 2. The molecule has 110 valence electrons. The Labute approximate surface area is 110 Å². The molecule has 0 saturated heterocycles. The Balaban J connectivity index is 0. The van der Waals surface area contributed by atoms with E-state index in [-0.39, 0.29) is 12.4 Å². The van der Waals surface area contributed by atoms with Gasteiger partial charge in [-0.1, -0.05) is 6.92 Å². The van der Waals surface area contributed by atoms with Gasteiger partial charge in [0, 0.05) is 13.0 Å². The maximum absolute atomic E-state index is 10.2. The molecule has 0 heterocycles. The highest BCUT2D eigenvalue weighted by molar-refractivity contribution is 6.32. The fourth-order valence-electron chi connectivity index (χ4n) is 0.820. The summed E-state index contributed by atoms with van der Waals surface area (Å²) in [7, 11) is 0. The first-order valence-electron chi connectivity index (χ1n) is 5.54. The summed E-state index contributed by atoms with van der Waals surface area (Å²) in [6.45, 7) is 1.99. The molecule has 8 N–H and O–H groups in total. The zero-order chi connectivity index (χ0) is 15.4. The lowest BCUT2D eigenvalue weighted by Crippen LogP contribution is -2.34. The predicted molar refractivity (Wildman–Crippen MR) is 67.7 cm³/mol. The summed E-state index contributed by atoms with van der Waals surface area (Å²) in [6, 6.07) is -0.821. The van der Waals surface area contributed by atoms with E-state index in [0.717, 1.165) is 0 Å². The minimum atomic E-state index is -1.34. The number of ketones is 1. The molecule has 0 unspecified atom stereocenters. The highest BCUT2D eigenvalue weighted by atomic mass is 16.4. The molecular formula is C10H20N4O5. The van der Waals surface area contributed by atoms with Crippen molar-refractivity contribution in [1.29, 1.82) is 5.41 Å². The minimum absolute atomic E-state index is 0.0787. The summed E-state index contributed by atoms with van der Waals surface area (Å²) in [5.41, 5.74) is 10.2. The molecule has 0 aliphatic heterocycles. The van der Waals surface area contributed by atoms with Gasteiger partial charge in [0.15, 0.2) is 5.96 Å². The minimum Gasteiger partial charge on any atom is -0.480 e. The average Bonchev–Trinajstić information content (AvgIpc) is 2.33. The molecule has 0 aromatic heterocycles. The first kappa shape index (κ1) is 19.2. The van der Waals surface area contributed by atoms with Gasteiger partial charge in [-0.05, 0) is 12.8 Å². The number of guanidine groups is 1. The Kier molecular flexibility index (Phi) is 11.1. The van der Waals surface area contributed by atoms with Crippen molar-refractivity contribution >= 4 is 23.7 Å². The second kappa shape index (κ2) is 11.0. The van der Waals surface area contributed by atoms with E-state index in [1.165, 1.54) is 6.92 Å². The number of aliphatic carboxylic acids is 2. The summed E-state index contributed by atoms with van der Waals surface area (Å²) < 4.78 is 0. The first-order chi connectivity index (χ1) is 8.72. The molecule has 0 aromatic carbocycles. The molecule has 0 fully saturated rings. The Bertz CT molecular complexity index is 332. The van der Waals surface area contributed by atoms with Crippen molar-refractivity contribution in [1.82, 2.24) is 5.32 Å². The SMILES string of the molecule is CCC(=O)C(=O)O.N=C(N)NCCC[C@H](N)C(=O)O. The molecule has 9 heteroatoms. The van der Waals surface area contributed by atoms with Crippen molar-refractivity contribution in [3.05, 3.63) is 0 Å². The van der Waals surface area contributed by atoms with Crippen LogP contribution in [-0.2, 0) is 14.4 Å². The molecule has 0 radical (unpaired) electrons. The number of rotatable bonds is 7. The molecule has 19 heavy (non-hydrogen) atoms. The molecule has 0 aromatic rings.